The highest BCUT2D eigenvalue weighted by Gasteiger charge is 2.26. The third-order valence-electron chi connectivity index (χ3n) is 2.29. The molecule has 1 aromatic carbocycles. The van der Waals surface area contributed by atoms with Crippen molar-refractivity contribution in [2.45, 2.75) is 26.4 Å². The summed E-state index contributed by atoms with van der Waals surface area (Å²) in [5.41, 5.74) is -0.154. The molecule has 0 amide bonds. The van der Waals surface area contributed by atoms with E-state index in [-0.39, 0.29) is 11.5 Å². The molecule has 0 spiro atoms. The standard InChI is InChI=1S/C13H16O4/c1-8(2)12(16)17-13(3,4)9-5-10(14)7-11(15)6-9/h5-7,14-15H,1H2,2-4H3. The summed E-state index contributed by atoms with van der Waals surface area (Å²) in [4.78, 5) is 11.5. The molecule has 0 aromatic heterocycles. The van der Waals surface area contributed by atoms with Crippen LogP contribution in [0.25, 0.3) is 0 Å². The molecule has 0 radical (unpaired) electrons. The normalized spacial score (nSPS) is 11.0. The molecule has 0 aliphatic heterocycles. The first-order valence-electron chi connectivity index (χ1n) is 5.15. The van der Waals surface area contributed by atoms with Gasteiger partial charge in [-0.1, -0.05) is 6.58 Å². The van der Waals surface area contributed by atoms with E-state index in [4.69, 9.17) is 4.74 Å². The maximum Gasteiger partial charge on any atom is 0.333 e. The van der Waals surface area contributed by atoms with E-state index < -0.39 is 11.6 Å². The molecule has 0 saturated carbocycles. The van der Waals surface area contributed by atoms with Crippen molar-refractivity contribution in [1.82, 2.24) is 0 Å². The monoisotopic (exact) mass is 236 g/mol. The van der Waals surface area contributed by atoms with Gasteiger partial charge in [-0.15, -0.1) is 0 Å². The third-order valence-corrected chi connectivity index (χ3v) is 2.29. The summed E-state index contributed by atoms with van der Waals surface area (Å²) in [6.07, 6.45) is 0. The molecule has 0 heterocycles. The lowest BCUT2D eigenvalue weighted by molar-refractivity contribution is -0.152. The van der Waals surface area contributed by atoms with Gasteiger partial charge in [-0.2, -0.15) is 0 Å². The van der Waals surface area contributed by atoms with Crippen LogP contribution in [0.5, 0.6) is 11.5 Å². The van der Waals surface area contributed by atoms with Crippen LogP contribution in [0.15, 0.2) is 30.4 Å². The van der Waals surface area contributed by atoms with Crippen LogP contribution >= 0.6 is 0 Å². The van der Waals surface area contributed by atoms with Crippen LogP contribution in [0, 0.1) is 0 Å². The summed E-state index contributed by atoms with van der Waals surface area (Å²) < 4.78 is 5.23. The largest absolute Gasteiger partial charge is 0.508 e. The van der Waals surface area contributed by atoms with E-state index in [9.17, 15) is 15.0 Å². The van der Waals surface area contributed by atoms with Crippen molar-refractivity contribution < 1.29 is 19.7 Å². The number of carbonyl (C=O) groups is 1. The van der Waals surface area contributed by atoms with Crippen LogP contribution in [-0.2, 0) is 15.1 Å². The molecule has 0 fully saturated rings. The van der Waals surface area contributed by atoms with E-state index in [1.54, 1.807) is 20.8 Å². The number of aromatic hydroxyl groups is 2. The molecule has 4 heteroatoms. The lowest BCUT2D eigenvalue weighted by Gasteiger charge is -2.26. The smallest absolute Gasteiger partial charge is 0.333 e. The van der Waals surface area contributed by atoms with Crippen LogP contribution in [0.4, 0.5) is 0 Å². The van der Waals surface area contributed by atoms with E-state index in [0.29, 0.717) is 11.1 Å². The van der Waals surface area contributed by atoms with Crippen LogP contribution < -0.4 is 0 Å². The second-order valence-electron chi connectivity index (χ2n) is 4.42. The maximum absolute atomic E-state index is 11.5. The molecule has 1 aromatic rings. The van der Waals surface area contributed by atoms with Crippen LogP contribution in [0.2, 0.25) is 0 Å². The predicted molar refractivity (Wildman–Crippen MR) is 63.7 cm³/mol. The van der Waals surface area contributed by atoms with Gasteiger partial charge in [0.2, 0.25) is 0 Å². The summed E-state index contributed by atoms with van der Waals surface area (Å²) in [7, 11) is 0. The van der Waals surface area contributed by atoms with Crippen molar-refractivity contribution in [3.05, 3.63) is 35.9 Å². The Bertz CT molecular complexity index is 440. The second kappa shape index (κ2) is 4.49. The molecule has 17 heavy (non-hydrogen) atoms. The van der Waals surface area contributed by atoms with Gasteiger partial charge >= 0.3 is 5.97 Å². The highest BCUT2D eigenvalue weighted by molar-refractivity contribution is 5.87. The number of rotatable bonds is 3. The van der Waals surface area contributed by atoms with E-state index in [1.165, 1.54) is 18.2 Å². The maximum atomic E-state index is 11.5. The molecule has 0 saturated heterocycles. The number of phenolic OH excluding ortho intramolecular Hbond substituents is 2. The fourth-order valence-corrected chi connectivity index (χ4v) is 1.32. The number of ether oxygens (including phenoxy) is 1. The Morgan fingerprint density at radius 2 is 1.71 bits per heavy atom. The highest BCUT2D eigenvalue weighted by Crippen LogP contribution is 2.31. The van der Waals surface area contributed by atoms with Gasteiger partial charge in [-0.25, -0.2) is 4.79 Å². The van der Waals surface area contributed by atoms with Gasteiger partial charge in [-0.05, 0) is 32.9 Å². The van der Waals surface area contributed by atoms with Gasteiger partial charge in [0, 0.05) is 17.2 Å². The number of phenols is 2. The molecule has 92 valence electrons. The predicted octanol–water partition coefficient (Wildman–Crippen LogP) is 2.45. The topological polar surface area (TPSA) is 66.8 Å². The summed E-state index contributed by atoms with van der Waals surface area (Å²) in [5, 5.41) is 18.8. The second-order valence-corrected chi connectivity index (χ2v) is 4.42. The first-order chi connectivity index (χ1) is 7.72. The number of esters is 1. The van der Waals surface area contributed by atoms with E-state index in [0.717, 1.165) is 0 Å². The molecular weight excluding hydrogens is 220 g/mol. The van der Waals surface area contributed by atoms with Crippen molar-refractivity contribution in [2.24, 2.45) is 0 Å². The van der Waals surface area contributed by atoms with Gasteiger partial charge < -0.3 is 14.9 Å². The van der Waals surface area contributed by atoms with Gasteiger partial charge in [0.25, 0.3) is 0 Å². The zero-order valence-corrected chi connectivity index (χ0v) is 10.2. The molecule has 0 aliphatic carbocycles. The molecular formula is C13H16O4. The van der Waals surface area contributed by atoms with E-state index in [2.05, 4.69) is 6.58 Å². The number of benzene rings is 1. The summed E-state index contributed by atoms with van der Waals surface area (Å²) >= 11 is 0. The van der Waals surface area contributed by atoms with Crippen LogP contribution in [-0.4, -0.2) is 16.2 Å². The first kappa shape index (κ1) is 13.1. The van der Waals surface area contributed by atoms with Crippen LogP contribution in [0.1, 0.15) is 26.3 Å². The van der Waals surface area contributed by atoms with Crippen molar-refractivity contribution in [2.75, 3.05) is 0 Å². The fraction of sp³-hybridized carbons (Fsp3) is 0.308. The Hall–Kier alpha value is -1.97. The molecule has 0 unspecified atom stereocenters. The summed E-state index contributed by atoms with van der Waals surface area (Å²) in [6, 6.07) is 4.08. The van der Waals surface area contributed by atoms with E-state index in [1.807, 2.05) is 0 Å². The zero-order valence-electron chi connectivity index (χ0n) is 10.2. The SMILES string of the molecule is C=C(C)C(=O)OC(C)(C)c1cc(O)cc(O)c1. The molecule has 1 rings (SSSR count). The number of carbonyl (C=O) groups excluding carboxylic acids is 1. The number of hydrogen-bond acceptors (Lipinski definition) is 4. The van der Waals surface area contributed by atoms with Crippen molar-refractivity contribution in [3.8, 4) is 11.5 Å². The van der Waals surface area contributed by atoms with Gasteiger partial charge in [0.15, 0.2) is 0 Å². The van der Waals surface area contributed by atoms with Gasteiger partial charge in [0.1, 0.15) is 17.1 Å². The molecule has 4 nitrogen and oxygen atoms in total. The lowest BCUT2D eigenvalue weighted by Crippen LogP contribution is -2.25. The average molecular weight is 236 g/mol. The molecule has 2 N–H and O–H groups in total. The van der Waals surface area contributed by atoms with Gasteiger partial charge in [-0.3, -0.25) is 0 Å². The Morgan fingerprint density at radius 1 is 1.24 bits per heavy atom. The fourth-order valence-electron chi connectivity index (χ4n) is 1.32. The quantitative estimate of drug-likeness (QED) is 0.625. The summed E-state index contributed by atoms with van der Waals surface area (Å²) in [5.74, 6) is -0.684. The minimum absolute atomic E-state index is 0.0838. The van der Waals surface area contributed by atoms with Crippen LogP contribution in [0.3, 0.4) is 0 Å². The van der Waals surface area contributed by atoms with Gasteiger partial charge in [0.05, 0.1) is 0 Å². The minimum atomic E-state index is -0.952. The van der Waals surface area contributed by atoms with Crippen molar-refractivity contribution in [3.63, 3.8) is 0 Å². The Labute approximate surface area is 100 Å². The molecule has 0 bridgehead atoms. The van der Waals surface area contributed by atoms with Crippen molar-refractivity contribution in [1.29, 1.82) is 0 Å². The average Bonchev–Trinajstić information content (AvgIpc) is 2.15. The lowest BCUT2D eigenvalue weighted by atomic mass is 9.97. The first-order valence-corrected chi connectivity index (χ1v) is 5.15. The Kier molecular flexibility index (Phi) is 3.46. The Morgan fingerprint density at radius 3 is 2.12 bits per heavy atom. The zero-order chi connectivity index (χ0) is 13.2. The van der Waals surface area contributed by atoms with Crippen molar-refractivity contribution >= 4 is 5.97 Å². The minimum Gasteiger partial charge on any atom is -0.508 e. The summed E-state index contributed by atoms with van der Waals surface area (Å²) in [6.45, 7) is 8.39. The molecule has 0 atom stereocenters. The third kappa shape index (κ3) is 3.24. The number of hydrogen-bond donors (Lipinski definition) is 2. The van der Waals surface area contributed by atoms with E-state index >= 15 is 0 Å². The molecule has 0 aliphatic rings. The Balaban J connectivity index is 3.04. The highest BCUT2D eigenvalue weighted by atomic mass is 16.6.